The van der Waals surface area contributed by atoms with Gasteiger partial charge in [0.15, 0.2) is 0 Å². The van der Waals surface area contributed by atoms with Crippen LogP contribution in [0.4, 0.5) is 0 Å². The lowest BCUT2D eigenvalue weighted by atomic mass is 10.0. The monoisotopic (exact) mass is 363 g/mol. The molecule has 26 heavy (non-hydrogen) atoms. The van der Waals surface area contributed by atoms with Crippen LogP contribution < -0.4 is 0 Å². The van der Waals surface area contributed by atoms with Crippen LogP contribution >= 0.6 is 0 Å². The van der Waals surface area contributed by atoms with Crippen molar-refractivity contribution in [2.24, 2.45) is 0 Å². The van der Waals surface area contributed by atoms with Gasteiger partial charge in [0.05, 0.1) is 18.8 Å². The Hall–Kier alpha value is -0.380. The summed E-state index contributed by atoms with van der Waals surface area (Å²) in [5.74, 6) is 0. The van der Waals surface area contributed by atoms with Crippen LogP contribution in [0.2, 0.25) is 0 Å². The van der Waals surface area contributed by atoms with Crippen molar-refractivity contribution in [3.8, 4) is 0 Å². The molecule has 3 rings (SSSR count). The summed E-state index contributed by atoms with van der Waals surface area (Å²) in [7, 11) is 0. The maximum absolute atomic E-state index is 6.27. The third-order valence-electron chi connectivity index (χ3n) is 6.40. The number of piperidine rings is 1. The summed E-state index contributed by atoms with van der Waals surface area (Å²) >= 11 is 0. The Labute approximate surface area is 161 Å². The molecule has 0 N–H and O–H groups in total. The van der Waals surface area contributed by atoms with Crippen LogP contribution in [0.5, 0.6) is 0 Å². The van der Waals surface area contributed by atoms with E-state index in [1.165, 1.54) is 96.3 Å². The molecule has 3 aliphatic rings. The Kier molecular flexibility index (Phi) is 8.97. The molecule has 150 valence electrons. The highest BCUT2D eigenvalue weighted by Gasteiger charge is 2.50. The van der Waals surface area contributed by atoms with Crippen molar-refractivity contribution in [1.29, 1.82) is 0 Å². The van der Waals surface area contributed by atoms with E-state index in [0.29, 0.717) is 18.5 Å². The van der Waals surface area contributed by atoms with Gasteiger partial charge in [0.25, 0.3) is 0 Å². The lowest BCUT2D eigenvalue weighted by Crippen LogP contribution is -2.43. The summed E-state index contributed by atoms with van der Waals surface area (Å²) < 4.78 is 12.2. The van der Waals surface area contributed by atoms with Crippen LogP contribution in [0.25, 0.3) is 0 Å². The average molecular weight is 364 g/mol. The fraction of sp³-hybridized carbons (Fsp3) is 0.913. The van der Waals surface area contributed by atoms with Crippen molar-refractivity contribution in [3.63, 3.8) is 0 Å². The first-order valence-corrected chi connectivity index (χ1v) is 11.6. The Morgan fingerprint density at radius 1 is 0.846 bits per heavy atom. The minimum absolute atomic E-state index is 0.260. The normalized spacial score (nSPS) is 31.1. The molecule has 3 nitrogen and oxygen atoms in total. The molecule has 3 fully saturated rings. The van der Waals surface area contributed by atoms with Crippen LogP contribution in [-0.2, 0) is 9.47 Å². The van der Waals surface area contributed by atoms with E-state index in [0.717, 1.165) is 6.61 Å². The van der Waals surface area contributed by atoms with E-state index in [4.69, 9.17) is 9.47 Å². The van der Waals surface area contributed by atoms with Crippen LogP contribution in [0.1, 0.15) is 103 Å². The fourth-order valence-electron chi connectivity index (χ4n) is 4.85. The van der Waals surface area contributed by atoms with Gasteiger partial charge >= 0.3 is 0 Å². The maximum Gasteiger partial charge on any atom is 0.113 e. The number of hydrogen-bond acceptors (Lipinski definition) is 3. The van der Waals surface area contributed by atoms with Gasteiger partial charge in [-0.3, -0.25) is 0 Å². The Morgan fingerprint density at radius 2 is 1.50 bits per heavy atom. The van der Waals surface area contributed by atoms with Gasteiger partial charge in [-0.05, 0) is 32.1 Å². The van der Waals surface area contributed by atoms with Gasteiger partial charge in [0.1, 0.15) is 12.5 Å². The molecule has 4 atom stereocenters. The second kappa shape index (κ2) is 11.5. The van der Waals surface area contributed by atoms with Crippen molar-refractivity contribution < 1.29 is 9.47 Å². The SMILES string of the molecule is CCCCCCCCCCCCC/C=C/[C@@H]1O[C@@H]2CCC[C@@H]3OC[C@@H]1N32. The number of hydrogen-bond donors (Lipinski definition) is 0. The zero-order valence-corrected chi connectivity index (χ0v) is 17.0. The van der Waals surface area contributed by atoms with Crippen molar-refractivity contribution in [1.82, 2.24) is 4.90 Å². The minimum atomic E-state index is 0.260. The van der Waals surface area contributed by atoms with Gasteiger partial charge in [0.2, 0.25) is 0 Å². The number of allylic oxidation sites excluding steroid dienone is 1. The highest BCUT2D eigenvalue weighted by molar-refractivity contribution is 5.05. The van der Waals surface area contributed by atoms with Crippen molar-refractivity contribution in [3.05, 3.63) is 12.2 Å². The molecule has 3 aliphatic heterocycles. The molecule has 0 spiro atoms. The van der Waals surface area contributed by atoms with Gasteiger partial charge in [-0.1, -0.05) is 83.3 Å². The number of unbranched alkanes of at least 4 members (excludes halogenated alkanes) is 11. The largest absolute Gasteiger partial charge is 0.361 e. The Bertz CT molecular complexity index is 411. The minimum Gasteiger partial charge on any atom is -0.361 e. The summed E-state index contributed by atoms with van der Waals surface area (Å²) in [5.41, 5.74) is 0. The molecule has 0 aromatic carbocycles. The lowest BCUT2D eigenvalue weighted by Gasteiger charge is -2.31. The standard InChI is InChI=1S/C23H41NO2/c1-2-3-4-5-6-7-8-9-10-11-12-13-14-16-21-20-19-25-22-17-15-18-23(26-21)24(20)22/h14,16,20-23H,2-13,15,17-19H2,1H3/b16-14+/t20-,21-,22-,23+/m0/s1. The van der Waals surface area contributed by atoms with Gasteiger partial charge in [-0.15, -0.1) is 0 Å². The number of ether oxygens (including phenoxy) is 2. The van der Waals surface area contributed by atoms with Gasteiger partial charge in [-0.2, -0.15) is 0 Å². The van der Waals surface area contributed by atoms with Gasteiger partial charge < -0.3 is 9.47 Å². The smallest absolute Gasteiger partial charge is 0.113 e. The maximum atomic E-state index is 6.27. The second-order valence-electron chi connectivity index (χ2n) is 8.54. The van der Waals surface area contributed by atoms with E-state index < -0.39 is 0 Å². The average Bonchev–Trinajstić information content (AvgIpc) is 3.25. The quantitative estimate of drug-likeness (QED) is 0.288. The van der Waals surface area contributed by atoms with Crippen LogP contribution in [0, 0.1) is 0 Å². The van der Waals surface area contributed by atoms with Crippen LogP contribution in [-0.4, -0.2) is 36.1 Å². The first kappa shape index (κ1) is 20.4. The van der Waals surface area contributed by atoms with Gasteiger partial charge in [-0.25, -0.2) is 4.90 Å². The van der Waals surface area contributed by atoms with E-state index in [2.05, 4.69) is 24.0 Å². The van der Waals surface area contributed by atoms with Crippen LogP contribution in [0.15, 0.2) is 12.2 Å². The molecule has 0 aliphatic carbocycles. The van der Waals surface area contributed by atoms with E-state index >= 15 is 0 Å². The van der Waals surface area contributed by atoms with E-state index in [9.17, 15) is 0 Å². The zero-order valence-electron chi connectivity index (χ0n) is 17.0. The molecular weight excluding hydrogens is 322 g/mol. The van der Waals surface area contributed by atoms with E-state index in [1.54, 1.807) is 0 Å². The van der Waals surface area contributed by atoms with E-state index in [1.807, 2.05) is 0 Å². The Balaban J connectivity index is 1.18. The molecule has 3 saturated heterocycles. The van der Waals surface area contributed by atoms with Gasteiger partial charge in [0, 0.05) is 0 Å². The summed E-state index contributed by atoms with van der Waals surface area (Å²) in [6.45, 7) is 3.15. The summed E-state index contributed by atoms with van der Waals surface area (Å²) in [6, 6.07) is 0.471. The zero-order chi connectivity index (χ0) is 18.0. The predicted octanol–water partition coefficient (Wildman–Crippen LogP) is 6.18. The molecule has 0 unspecified atom stereocenters. The van der Waals surface area contributed by atoms with Crippen LogP contribution in [0.3, 0.4) is 0 Å². The first-order valence-electron chi connectivity index (χ1n) is 11.6. The first-order chi connectivity index (χ1) is 12.9. The summed E-state index contributed by atoms with van der Waals surface area (Å²) in [6.07, 6.45) is 26.0. The van der Waals surface area contributed by atoms with Crippen molar-refractivity contribution in [2.75, 3.05) is 6.61 Å². The molecule has 0 aromatic rings. The molecule has 0 aromatic heterocycles. The highest BCUT2D eigenvalue weighted by Crippen LogP contribution is 2.39. The third-order valence-corrected chi connectivity index (χ3v) is 6.40. The number of nitrogens with zero attached hydrogens (tertiary/aromatic N) is 1. The van der Waals surface area contributed by atoms with Crippen molar-refractivity contribution >= 4 is 0 Å². The molecule has 3 heterocycles. The highest BCUT2D eigenvalue weighted by atomic mass is 16.6. The third kappa shape index (κ3) is 5.81. The fourth-order valence-corrected chi connectivity index (χ4v) is 4.85. The molecular formula is C23H41NO2. The van der Waals surface area contributed by atoms with Crippen molar-refractivity contribution in [2.45, 2.75) is 128 Å². The number of rotatable bonds is 13. The topological polar surface area (TPSA) is 21.7 Å². The molecule has 0 bridgehead atoms. The Morgan fingerprint density at radius 3 is 2.23 bits per heavy atom. The van der Waals surface area contributed by atoms with E-state index in [-0.39, 0.29) is 6.10 Å². The second-order valence-corrected chi connectivity index (χ2v) is 8.54. The lowest BCUT2D eigenvalue weighted by molar-refractivity contribution is -0.0938. The summed E-state index contributed by atoms with van der Waals surface area (Å²) in [4.78, 5) is 2.50. The molecule has 0 radical (unpaired) electrons. The summed E-state index contributed by atoms with van der Waals surface area (Å²) in [5, 5.41) is 0. The molecule has 3 heteroatoms. The molecule has 0 amide bonds. The predicted molar refractivity (Wildman–Crippen MR) is 108 cm³/mol. The molecule has 0 saturated carbocycles.